The largest absolute Gasteiger partial charge is 0.388 e. The Kier molecular flexibility index (Phi) is 6.47. The summed E-state index contributed by atoms with van der Waals surface area (Å²) in [7, 11) is 2.16. The summed E-state index contributed by atoms with van der Waals surface area (Å²) in [6.45, 7) is 8.71. The number of urea groups is 1. The van der Waals surface area contributed by atoms with Crippen LogP contribution in [0.25, 0.3) is 0 Å². The smallest absolute Gasteiger partial charge is 0.314 e. The Hall–Kier alpha value is -0.850. The number of likely N-dealkylation sites (N-methyl/N-ethyl adjacent to an activating group) is 1. The zero-order valence-corrected chi connectivity index (χ0v) is 14.1. The van der Waals surface area contributed by atoms with E-state index in [1.54, 1.807) is 0 Å². The van der Waals surface area contributed by atoms with Crippen LogP contribution in [0.15, 0.2) is 0 Å². The predicted octanol–water partition coefficient (Wildman–Crippen LogP) is 0.474. The molecule has 2 fully saturated rings. The average molecular weight is 312 g/mol. The monoisotopic (exact) mass is 312 g/mol. The third-order valence-electron chi connectivity index (χ3n) is 4.89. The van der Waals surface area contributed by atoms with Crippen LogP contribution >= 0.6 is 0 Å². The molecule has 3 N–H and O–H groups in total. The summed E-state index contributed by atoms with van der Waals surface area (Å²) in [5.41, 5.74) is -0.678. The molecule has 0 bridgehead atoms. The zero-order valence-electron chi connectivity index (χ0n) is 14.1. The summed E-state index contributed by atoms with van der Waals surface area (Å²) < 4.78 is 0. The number of amides is 2. The molecule has 1 heterocycles. The van der Waals surface area contributed by atoms with Gasteiger partial charge in [0.15, 0.2) is 0 Å². The third kappa shape index (κ3) is 5.74. The van der Waals surface area contributed by atoms with Crippen LogP contribution in [-0.2, 0) is 0 Å². The first-order chi connectivity index (χ1) is 10.5. The van der Waals surface area contributed by atoms with Crippen molar-refractivity contribution in [3.8, 4) is 0 Å². The lowest BCUT2D eigenvalue weighted by Gasteiger charge is -2.34. The average Bonchev–Trinajstić information content (AvgIpc) is 2.93. The molecule has 128 valence electrons. The fraction of sp³-hybridized carbons (Fsp3) is 0.938. The lowest BCUT2D eigenvalue weighted by atomic mass is 10.0. The second-order valence-corrected chi connectivity index (χ2v) is 7.20. The number of nitrogens with one attached hydrogen (secondary N) is 2. The molecule has 0 radical (unpaired) electrons. The van der Waals surface area contributed by atoms with Gasteiger partial charge in [-0.15, -0.1) is 0 Å². The SMILES string of the molecule is CC(CNC(=O)NCC1(O)CCCC1)CN1CCN(C)CC1. The normalized spacial score (nSPS) is 24.1. The van der Waals surface area contributed by atoms with Gasteiger partial charge in [0.1, 0.15) is 0 Å². The van der Waals surface area contributed by atoms with Crippen LogP contribution in [0, 0.1) is 5.92 Å². The van der Waals surface area contributed by atoms with Gasteiger partial charge < -0.3 is 25.5 Å². The zero-order chi connectivity index (χ0) is 16.0. The van der Waals surface area contributed by atoms with Gasteiger partial charge >= 0.3 is 6.03 Å². The Labute approximate surface area is 134 Å². The number of piperazine rings is 1. The van der Waals surface area contributed by atoms with E-state index in [1.165, 1.54) is 0 Å². The van der Waals surface area contributed by atoms with Crippen molar-refractivity contribution in [1.29, 1.82) is 0 Å². The van der Waals surface area contributed by atoms with E-state index in [-0.39, 0.29) is 6.03 Å². The molecule has 1 unspecified atom stereocenters. The van der Waals surface area contributed by atoms with E-state index in [1.807, 2.05) is 0 Å². The summed E-state index contributed by atoms with van der Waals surface area (Å²) in [6.07, 6.45) is 3.71. The van der Waals surface area contributed by atoms with Crippen LogP contribution in [0.4, 0.5) is 4.79 Å². The topological polar surface area (TPSA) is 67.8 Å². The second kappa shape index (κ2) is 8.13. The van der Waals surface area contributed by atoms with E-state index in [2.05, 4.69) is 34.4 Å². The molecular formula is C16H32N4O2. The summed E-state index contributed by atoms with van der Waals surface area (Å²) >= 11 is 0. The second-order valence-electron chi connectivity index (χ2n) is 7.20. The van der Waals surface area contributed by atoms with Crippen molar-refractivity contribution in [2.75, 3.05) is 52.9 Å². The molecule has 2 aliphatic rings. The Morgan fingerprint density at radius 2 is 1.82 bits per heavy atom. The summed E-state index contributed by atoms with van der Waals surface area (Å²) in [5, 5.41) is 15.9. The molecule has 1 saturated heterocycles. The van der Waals surface area contributed by atoms with Gasteiger partial charge in [0, 0.05) is 45.8 Å². The van der Waals surface area contributed by atoms with Crippen LogP contribution in [0.5, 0.6) is 0 Å². The first-order valence-electron chi connectivity index (χ1n) is 8.62. The Morgan fingerprint density at radius 1 is 1.18 bits per heavy atom. The van der Waals surface area contributed by atoms with Crippen LogP contribution in [-0.4, -0.2) is 79.4 Å². The highest BCUT2D eigenvalue weighted by Crippen LogP contribution is 2.28. The van der Waals surface area contributed by atoms with Crippen LogP contribution < -0.4 is 10.6 Å². The maximum atomic E-state index is 11.8. The van der Waals surface area contributed by atoms with E-state index >= 15 is 0 Å². The molecule has 0 spiro atoms. The van der Waals surface area contributed by atoms with Crippen molar-refractivity contribution in [2.45, 2.75) is 38.2 Å². The van der Waals surface area contributed by atoms with Gasteiger partial charge in [-0.3, -0.25) is 0 Å². The number of rotatable bonds is 6. The summed E-state index contributed by atoms with van der Waals surface area (Å²) in [4.78, 5) is 16.6. The van der Waals surface area contributed by atoms with Crippen molar-refractivity contribution >= 4 is 6.03 Å². The van der Waals surface area contributed by atoms with Crippen molar-refractivity contribution in [2.24, 2.45) is 5.92 Å². The Morgan fingerprint density at radius 3 is 2.45 bits per heavy atom. The van der Waals surface area contributed by atoms with Gasteiger partial charge in [-0.25, -0.2) is 4.79 Å². The fourth-order valence-electron chi connectivity index (χ4n) is 3.32. The van der Waals surface area contributed by atoms with Crippen LogP contribution in [0.3, 0.4) is 0 Å². The van der Waals surface area contributed by atoms with Gasteiger partial charge in [0.2, 0.25) is 0 Å². The summed E-state index contributed by atoms with van der Waals surface area (Å²) in [5.74, 6) is 0.434. The molecule has 1 aliphatic heterocycles. The van der Waals surface area contributed by atoms with Gasteiger partial charge in [0.25, 0.3) is 0 Å². The minimum absolute atomic E-state index is 0.162. The number of hydrogen-bond donors (Lipinski definition) is 3. The van der Waals surface area contributed by atoms with Gasteiger partial charge in [-0.05, 0) is 25.8 Å². The highest BCUT2D eigenvalue weighted by molar-refractivity contribution is 5.73. The Bertz CT molecular complexity index is 350. The lowest BCUT2D eigenvalue weighted by Crippen LogP contribution is -2.48. The summed E-state index contributed by atoms with van der Waals surface area (Å²) in [6, 6.07) is -0.162. The molecule has 22 heavy (non-hydrogen) atoms. The molecule has 0 aromatic rings. The molecule has 6 nitrogen and oxygen atoms in total. The van der Waals surface area contributed by atoms with Crippen LogP contribution in [0.1, 0.15) is 32.6 Å². The molecule has 1 aliphatic carbocycles. The number of aliphatic hydroxyl groups is 1. The molecule has 0 aromatic carbocycles. The van der Waals surface area contributed by atoms with Gasteiger partial charge in [-0.2, -0.15) is 0 Å². The molecule has 0 aromatic heterocycles. The third-order valence-corrected chi connectivity index (χ3v) is 4.89. The molecule has 2 amide bonds. The minimum Gasteiger partial charge on any atom is -0.388 e. The van der Waals surface area contributed by atoms with E-state index in [4.69, 9.17) is 0 Å². The molecule has 1 atom stereocenters. The van der Waals surface area contributed by atoms with Gasteiger partial charge in [0.05, 0.1) is 5.60 Å². The highest BCUT2D eigenvalue weighted by Gasteiger charge is 2.31. The van der Waals surface area contributed by atoms with Gasteiger partial charge in [-0.1, -0.05) is 19.8 Å². The van der Waals surface area contributed by atoms with E-state index in [9.17, 15) is 9.90 Å². The highest BCUT2D eigenvalue weighted by atomic mass is 16.3. The molecule has 2 rings (SSSR count). The molecule has 1 saturated carbocycles. The fourth-order valence-corrected chi connectivity index (χ4v) is 3.32. The first-order valence-corrected chi connectivity index (χ1v) is 8.62. The maximum Gasteiger partial charge on any atom is 0.314 e. The standard InChI is InChI=1S/C16H32N4O2/c1-14(12-20-9-7-19(2)8-10-20)11-17-15(21)18-13-16(22)5-3-4-6-16/h14,22H,3-13H2,1-2H3,(H2,17,18,21). The lowest BCUT2D eigenvalue weighted by molar-refractivity contribution is 0.0500. The number of carbonyl (C=O) groups excluding carboxylic acids is 1. The van der Waals surface area contributed by atoms with Crippen molar-refractivity contribution in [3.05, 3.63) is 0 Å². The molecule has 6 heteroatoms. The predicted molar refractivity (Wildman–Crippen MR) is 87.9 cm³/mol. The van der Waals surface area contributed by atoms with E-state index < -0.39 is 5.60 Å². The number of carbonyl (C=O) groups is 1. The van der Waals surface area contributed by atoms with Crippen LogP contribution in [0.2, 0.25) is 0 Å². The van der Waals surface area contributed by atoms with Crippen molar-refractivity contribution in [3.63, 3.8) is 0 Å². The van der Waals surface area contributed by atoms with E-state index in [0.29, 0.717) is 19.0 Å². The quantitative estimate of drug-likeness (QED) is 0.667. The minimum atomic E-state index is -0.678. The van der Waals surface area contributed by atoms with E-state index in [0.717, 1.165) is 58.4 Å². The Balaban J connectivity index is 1.57. The van der Waals surface area contributed by atoms with Crippen molar-refractivity contribution < 1.29 is 9.90 Å². The first kappa shape index (κ1) is 17.5. The molecular weight excluding hydrogens is 280 g/mol. The number of hydrogen-bond acceptors (Lipinski definition) is 4. The van der Waals surface area contributed by atoms with Crippen molar-refractivity contribution in [1.82, 2.24) is 20.4 Å². The maximum absolute atomic E-state index is 11.8. The number of nitrogens with zero attached hydrogens (tertiary/aromatic N) is 2.